The zero-order valence-corrected chi connectivity index (χ0v) is 35.3. The Bertz CT molecular complexity index is 1740. The largest absolute Gasteiger partial charge is 0.508 e. The minimum Gasteiger partial charge on any atom is -0.508 e. The predicted molar refractivity (Wildman–Crippen MR) is 228 cm³/mol. The molecular weight excluding hydrogens is 821 g/mol. The van der Waals surface area contributed by atoms with Crippen LogP contribution in [0.4, 0.5) is 0 Å². The first-order valence-corrected chi connectivity index (χ1v) is 20.6. The summed E-state index contributed by atoms with van der Waals surface area (Å²) < 4.78 is 0. The summed E-state index contributed by atoms with van der Waals surface area (Å²) in [5.74, 6) is -7.27. The van der Waals surface area contributed by atoms with Crippen molar-refractivity contribution in [1.82, 2.24) is 31.9 Å². The number of benzene rings is 2. The van der Waals surface area contributed by atoms with Crippen LogP contribution in [-0.2, 0) is 46.4 Å². The predicted octanol–water partition coefficient (Wildman–Crippen LogP) is -1.77. The average Bonchev–Trinajstić information content (AvgIpc) is 3.23. The van der Waals surface area contributed by atoms with E-state index in [0.717, 1.165) is 0 Å². The summed E-state index contributed by atoms with van der Waals surface area (Å²) in [7, 11) is 0. The number of aliphatic hydroxyl groups excluding tert-OH is 1. The molecule has 0 aromatic heterocycles. The van der Waals surface area contributed by atoms with E-state index in [4.69, 9.17) is 11.5 Å². The van der Waals surface area contributed by atoms with Crippen LogP contribution in [0.2, 0.25) is 0 Å². The van der Waals surface area contributed by atoms with Crippen LogP contribution in [0.3, 0.4) is 0 Å². The van der Waals surface area contributed by atoms with Gasteiger partial charge in [-0.2, -0.15) is 25.3 Å². The fraction of sp³-hybridized carbons (Fsp3) is 0.513. The number of aliphatic carboxylic acids is 1. The number of phenolic OH excluding ortho intramolecular Hbond substituents is 2. The number of aliphatic hydroxyl groups is 1. The highest BCUT2D eigenvalue weighted by Crippen LogP contribution is 2.15. The minimum absolute atomic E-state index is 0.0174. The van der Waals surface area contributed by atoms with Gasteiger partial charge >= 0.3 is 5.97 Å². The summed E-state index contributed by atoms with van der Waals surface area (Å²) in [6.45, 7) is 2.85. The van der Waals surface area contributed by atoms with Gasteiger partial charge in [0.2, 0.25) is 35.4 Å². The van der Waals surface area contributed by atoms with Crippen LogP contribution < -0.4 is 43.4 Å². The molecular formula is C39H58N8O11S2. The molecule has 2 aromatic rings. The van der Waals surface area contributed by atoms with E-state index in [9.17, 15) is 54.0 Å². The summed E-state index contributed by atoms with van der Waals surface area (Å²) in [5, 5.41) is 54.4. The Morgan fingerprint density at radius 3 is 1.48 bits per heavy atom. The van der Waals surface area contributed by atoms with E-state index in [-0.39, 0.29) is 42.3 Å². The van der Waals surface area contributed by atoms with Gasteiger partial charge in [-0.05, 0) is 67.1 Å². The summed E-state index contributed by atoms with van der Waals surface area (Å²) in [4.78, 5) is 92.8. The molecule has 8 unspecified atom stereocenters. The maximum Gasteiger partial charge on any atom is 0.327 e. The highest BCUT2D eigenvalue weighted by molar-refractivity contribution is 7.80. The fourth-order valence-corrected chi connectivity index (χ4v) is 6.10. The maximum absolute atomic E-state index is 14.0. The van der Waals surface area contributed by atoms with Crippen molar-refractivity contribution in [3.05, 3.63) is 59.7 Å². The molecule has 0 saturated carbocycles. The third kappa shape index (κ3) is 16.9. The smallest absolute Gasteiger partial charge is 0.327 e. The number of hydrogen-bond donors (Lipinski definition) is 14. The minimum atomic E-state index is -1.70. The molecule has 0 heterocycles. The number of amides is 6. The van der Waals surface area contributed by atoms with Gasteiger partial charge in [0.1, 0.15) is 47.8 Å². The summed E-state index contributed by atoms with van der Waals surface area (Å²) in [6, 6.07) is 2.06. The Morgan fingerprint density at radius 2 is 1.05 bits per heavy atom. The normalized spacial score (nSPS) is 15.1. The van der Waals surface area contributed by atoms with Gasteiger partial charge in [0.25, 0.3) is 0 Å². The molecule has 0 radical (unpaired) electrons. The van der Waals surface area contributed by atoms with E-state index in [2.05, 4.69) is 57.2 Å². The number of hydrogen-bond acceptors (Lipinski definition) is 14. The van der Waals surface area contributed by atoms with Crippen molar-refractivity contribution < 1.29 is 54.0 Å². The molecule has 6 amide bonds. The standard InChI is InChI=1S/C39H58N8O11S2/c1-3-21(2)32(47-34(52)27(6-4-5-15-40)42-33(51)26(41)19-59)38(56)44-29(17-23-9-13-25(50)14-10-23)35(53)45-30(18-48)37(55)43-28(16-22-7-11-24(49)12-8-22)36(54)46-31(20-60)39(57)58/h7-14,21,26-32,48-50,59-60H,3-6,15-20,40-41H2,1-2H3,(H,42,51)(H,43,55)(H,44,56)(H,45,53)(H,46,54)(H,47,52)(H,57,58). The molecule has 0 saturated heterocycles. The van der Waals surface area contributed by atoms with Crippen molar-refractivity contribution in [3.63, 3.8) is 0 Å². The van der Waals surface area contributed by atoms with Gasteiger partial charge in [0, 0.05) is 24.3 Å². The molecule has 332 valence electrons. The Labute approximate surface area is 359 Å². The lowest BCUT2D eigenvalue weighted by Gasteiger charge is -2.29. The number of carboxylic acids is 1. The number of nitrogens with two attached hydrogens (primary N) is 2. The fourth-order valence-electron chi connectivity index (χ4n) is 5.69. The number of thiol groups is 2. The van der Waals surface area contributed by atoms with Crippen LogP contribution >= 0.6 is 25.3 Å². The van der Waals surface area contributed by atoms with Gasteiger partial charge in [-0.15, -0.1) is 0 Å². The molecule has 21 heteroatoms. The second-order valence-corrected chi connectivity index (χ2v) is 14.9. The molecule has 0 aliphatic carbocycles. The van der Waals surface area contributed by atoms with Crippen molar-refractivity contribution in [2.75, 3.05) is 24.7 Å². The quantitative estimate of drug-likeness (QED) is 0.0368. The van der Waals surface area contributed by atoms with Gasteiger partial charge in [-0.25, -0.2) is 4.79 Å². The first-order chi connectivity index (χ1) is 28.5. The monoisotopic (exact) mass is 878 g/mol. The molecule has 19 nitrogen and oxygen atoms in total. The first kappa shape index (κ1) is 51.1. The van der Waals surface area contributed by atoms with Crippen LogP contribution in [0.5, 0.6) is 11.5 Å². The number of phenols is 2. The second kappa shape index (κ2) is 26.2. The number of carboxylic acid groups (broad SMARTS) is 1. The molecule has 0 aliphatic rings. The summed E-state index contributed by atoms with van der Waals surface area (Å²) in [5.41, 5.74) is 12.4. The lowest BCUT2D eigenvalue weighted by atomic mass is 9.96. The van der Waals surface area contributed by atoms with Crippen molar-refractivity contribution in [2.24, 2.45) is 17.4 Å². The molecule has 8 atom stereocenters. The lowest BCUT2D eigenvalue weighted by Crippen LogP contribution is -2.61. The van der Waals surface area contributed by atoms with Gasteiger partial charge in [0.05, 0.1) is 12.6 Å². The molecule has 2 rings (SSSR count). The van der Waals surface area contributed by atoms with Crippen molar-refractivity contribution in [3.8, 4) is 11.5 Å². The van der Waals surface area contributed by atoms with E-state index in [0.29, 0.717) is 36.9 Å². The zero-order chi connectivity index (χ0) is 44.9. The van der Waals surface area contributed by atoms with E-state index < -0.39 is 96.2 Å². The van der Waals surface area contributed by atoms with Crippen LogP contribution in [0, 0.1) is 5.92 Å². The third-order valence-corrected chi connectivity index (χ3v) is 10.3. The van der Waals surface area contributed by atoms with Gasteiger partial charge in [0.15, 0.2) is 0 Å². The maximum atomic E-state index is 14.0. The second-order valence-electron chi connectivity index (χ2n) is 14.2. The van der Waals surface area contributed by atoms with Crippen LogP contribution in [0.1, 0.15) is 50.7 Å². The molecule has 0 bridgehead atoms. The Kier molecular flexibility index (Phi) is 22.3. The highest BCUT2D eigenvalue weighted by Gasteiger charge is 2.35. The number of carbonyl (C=O) groups is 7. The van der Waals surface area contributed by atoms with E-state index in [1.807, 2.05) is 0 Å². The zero-order valence-electron chi connectivity index (χ0n) is 33.5. The topological polar surface area (TPSA) is 325 Å². The van der Waals surface area contributed by atoms with Crippen LogP contribution in [-0.4, -0.2) is 129 Å². The molecule has 0 aliphatic heterocycles. The number of rotatable bonds is 26. The van der Waals surface area contributed by atoms with Gasteiger partial charge < -0.3 is 63.8 Å². The third-order valence-electron chi connectivity index (χ3n) is 9.54. The molecule has 60 heavy (non-hydrogen) atoms. The molecule has 14 N–H and O–H groups in total. The number of aromatic hydroxyl groups is 2. The van der Waals surface area contributed by atoms with Crippen LogP contribution in [0.15, 0.2) is 48.5 Å². The Hall–Kier alpha value is -5.09. The summed E-state index contributed by atoms with van der Waals surface area (Å²) >= 11 is 8.01. The van der Waals surface area contributed by atoms with Crippen molar-refractivity contribution >= 4 is 66.7 Å². The number of nitrogens with one attached hydrogen (secondary N) is 6. The number of unbranched alkanes of at least 4 members (excludes halogenated alkanes) is 1. The Balaban J connectivity index is 2.41. The molecule has 2 aromatic carbocycles. The van der Waals surface area contributed by atoms with E-state index >= 15 is 0 Å². The number of carbonyl (C=O) groups excluding carboxylic acids is 6. The van der Waals surface area contributed by atoms with E-state index in [1.54, 1.807) is 13.8 Å². The van der Waals surface area contributed by atoms with E-state index in [1.165, 1.54) is 48.5 Å². The van der Waals surface area contributed by atoms with Crippen molar-refractivity contribution in [1.29, 1.82) is 0 Å². The molecule has 0 fully saturated rings. The van der Waals surface area contributed by atoms with Crippen LogP contribution in [0.25, 0.3) is 0 Å². The first-order valence-electron chi connectivity index (χ1n) is 19.4. The average molecular weight is 879 g/mol. The van der Waals surface area contributed by atoms with Crippen molar-refractivity contribution in [2.45, 2.75) is 94.7 Å². The molecule has 0 spiro atoms. The highest BCUT2D eigenvalue weighted by atomic mass is 32.1. The van der Waals surface area contributed by atoms with Gasteiger partial charge in [-0.3, -0.25) is 28.8 Å². The van der Waals surface area contributed by atoms with Gasteiger partial charge in [-0.1, -0.05) is 44.5 Å². The lowest BCUT2D eigenvalue weighted by molar-refractivity contribution is -0.141. The summed E-state index contributed by atoms with van der Waals surface area (Å²) in [6.07, 6.45) is 1.23. The Morgan fingerprint density at radius 1 is 0.617 bits per heavy atom. The SMILES string of the molecule is CCC(C)C(NC(=O)C(CCCCN)NC(=O)C(N)CS)C(=O)NC(Cc1ccc(O)cc1)C(=O)NC(CO)C(=O)NC(Cc1ccc(O)cc1)C(=O)NC(CS)C(=O)O.